The number of aromatic nitrogens is 4. The Hall–Kier alpha value is -2.20. The number of nitrogens with zero attached hydrogens (tertiary/aromatic N) is 4. The molecule has 0 bridgehead atoms. The highest BCUT2D eigenvalue weighted by Crippen LogP contribution is 2.28. The lowest BCUT2D eigenvalue weighted by molar-refractivity contribution is 0.377. The molecule has 100 valence electrons. The topological polar surface area (TPSA) is 70.8 Å². The summed E-state index contributed by atoms with van der Waals surface area (Å²) in [7, 11) is 3.38. The van der Waals surface area contributed by atoms with Crippen LogP contribution in [0.3, 0.4) is 0 Å². The van der Waals surface area contributed by atoms with E-state index in [-0.39, 0.29) is 0 Å². The van der Waals surface area contributed by atoms with Crippen LogP contribution in [0, 0.1) is 0 Å². The maximum atomic E-state index is 5.36. The smallest absolute Gasteiger partial charge is 0.144 e. The minimum atomic E-state index is 0.742. The molecule has 0 aliphatic carbocycles. The molecule has 0 saturated carbocycles. The van der Waals surface area contributed by atoms with Gasteiger partial charge in [0.05, 0.1) is 11.9 Å². The Kier molecular flexibility index (Phi) is 2.57. The number of fused-ring (bicyclic) bond motifs is 2. The van der Waals surface area contributed by atoms with Gasteiger partial charge in [0.15, 0.2) is 0 Å². The monoisotopic (exact) mass is 285 g/mol. The van der Waals surface area contributed by atoms with Gasteiger partial charge < -0.3 is 14.4 Å². The first-order chi connectivity index (χ1) is 9.86. The normalized spacial score (nSPS) is 14.5. The first kappa shape index (κ1) is 11.6. The van der Waals surface area contributed by atoms with Crippen LogP contribution in [-0.2, 0) is 13.0 Å². The van der Waals surface area contributed by atoms with Gasteiger partial charge in [-0.25, -0.2) is 9.97 Å². The van der Waals surface area contributed by atoms with Crippen molar-refractivity contribution >= 4 is 31.5 Å². The van der Waals surface area contributed by atoms with E-state index in [2.05, 4.69) is 33.9 Å². The first-order valence-corrected chi connectivity index (χ1v) is 6.95. The van der Waals surface area contributed by atoms with Crippen molar-refractivity contribution in [1.82, 2.24) is 20.1 Å². The van der Waals surface area contributed by atoms with Crippen molar-refractivity contribution in [2.75, 3.05) is 11.4 Å². The quantitative estimate of drug-likeness (QED) is 0.727. The average molecular weight is 285 g/mol. The van der Waals surface area contributed by atoms with E-state index >= 15 is 0 Å². The van der Waals surface area contributed by atoms with Crippen molar-refractivity contribution in [2.45, 2.75) is 13.0 Å². The Morgan fingerprint density at radius 3 is 3.25 bits per heavy atom. The molecule has 0 fully saturated rings. The largest absolute Gasteiger partial charge is 0.360 e. The molecule has 0 amide bonds. The fraction of sp³-hybridized carbons (Fsp3) is 0.231. The van der Waals surface area contributed by atoms with Gasteiger partial charge in [0.25, 0.3) is 0 Å². The zero-order valence-electron chi connectivity index (χ0n) is 10.6. The van der Waals surface area contributed by atoms with Crippen molar-refractivity contribution in [1.29, 1.82) is 0 Å². The van der Waals surface area contributed by atoms with E-state index in [0.29, 0.717) is 0 Å². The Morgan fingerprint density at radius 1 is 1.40 bits per heavy atom. The average Bonchev–Trinajstić information content (AvgIpc) is 3.12. The number of anilines is 1. The molecule has 7 heteroatoms. The molecule has 0 spiro atoms. The molecule has 0 radical (unpaired) electrons. The van der Waals surface area contributed by atoms with Crippen LogP contribution in [-0.4, -0.2) is 32.4 Å². The van der Waals surface area contributed by atoms with Crippen LogP contribution in [0.4, 0.5) is 5.82 Å². The number of hydrogen-bond donors (Lipinski definition) is 1. The number of H-pyrrole nitrogens is 1. The summed E-state index contributed by atoms with van der Waals surface area (Å²) < 4.78 is 5.36. The Labute approximate surface area is 117 Å². The Bertz CT molecular complexity index is 793. The van der Waals surface area contributed by atoms with Crippen LogP contribution in [0.15, 0.2) is 23.1 Å². The molecule has 4 heterocycles. The van der Waals surface area contributed by atoms with E-state index in [4.69, 9.17) is 4.52 Å². The summed E-state index contributed by atoms with van der Waals surface area (Å²) >= 11 is 0. The highest BCUT2D eigenvalue weighted by molar-refractivity contribution is 7.19. The van der Waals surface area contributed by atoms with E-state index in [1.807, 2.05) is 12.3 Å². The van der Waals surface area contributed by atoms with Crippen molar-refractivity contribution in [3.63, 3.8) is 0 Å². The number of nitrogens with one attached hydrogen (secondary N) is 1. The van der Waals surface area contributed by atoms with Crippen molar-refractivity contribution in [3.05, 3.63) is 35.6 Å². The van der Waals surface area contributed by atoms with Gasteiger partial charge in [-0.2, -0.15) is 0 Å². The minimum Gasteiger partial charge on any atom is -0.360 e. The van der Waals surface area contributed by atoms with Gasteiger partial charge in [-0.1, -0.05) is 5.16 Å². The SMILES string of the molecule is P=Cc1noc2c1CN(c1ncnc3[nH]ccc13)CC2. The third-order valence-electron chi connectivity index (χ3n) is 3.63. The molecule has 1 aliphatic heterocycles. The van der Waals surface area contributed by atoms with Crippen LogP contribution in [0.25, 0.3) is 11.0 Å². The second kappa shape index (κ2) is 4.42. The van der Waals surface area contributed by atoms with Gasteiger partial charge in [-0.15, -0.1) is 8.86 Å². The molecule has 3 aromatic heterocycles. The Balaban J connectivity index is 1.77. The van der Waals surface area contributed by atoms with Gasteiger partial charge in [-0.3, -0.25) is 0 Å². The molecule has 4 rings (SSSR count). The molecule has 6 nitrogen and oxygen atoms in total. The molecule has 0 unspecified atom stereocenters. The second-order valence-electron chi connectivity index (χ2n) is 4.72. The molecule has 1 aliphatic rings. The third-order valence-corrected chi connectivity index (χ3v) is 3.90. The zero-order chi connectivity index (χ0) is 13.5. The lowest BCUT2D eigenvalue weighted by atomic mass is 10.1. The highest BCUT2D eigenvalue weighted by atomic mass is 31.0. The summed E-state index contributed by atoms with van der Waals surface area (Å²) in [4.78, 5) is 14.0. The maximum absolute atomic E-state index is 5.36. The van der Waals surface area contributed by atoms with Gasteiger partial charge in [0, 0.05) is 24.7 Å². The van der Waals surface area contributed by atoms with Crippen LogP contribution < -0.4 is 4.90 Å². The predicted molar refractivity (Wildman–Crippen MR) is 78.6 cm³/mol. The van der Waals surface area contributed by atoms with Gasteiger partial charge in [0.2, 0.25) is 0 Å². The molecule has 20 heavy (non-hydrogen) atoms. The van der Waals surface area contributed by atoms with Crippen LogP contribution in [0.2, 0.25) is 0 Å². The summed E-state index contributed by atoms with van der Waals surface area (Å²) in [6.07, 6.45) is 4.31. The van der Waals surface area contributed by atoms with Crippen LogP contribution >= 0.6 is 8.86 Å². The van der Waals surface area contributed by atoms with Gasteiger partial charge in [0.1, 0.15) is 29.2 Å². The van der Waals surface area contributed by atoms with Crippen molar-refractivity contribution < 1.29 is 4.52 Å². The lowest BCUT2D eigenvalue weighted by Gasteiger charge is -2.27. The summed E-state index contributed by atoms with van der Waals surface area (Å²) in [5, 5.41) is 5.09. The fourth-order valence-corrected chi connectivity index (χ4v) is 2.86. The second-order valence-corrected chi connectivity index (χ2v) is 5.01. The van der Waals surface area contributed by atoms with Crippen molar-refractivity contribution in [2.24, 2.45) is 0 Å². The first-order valence-electron chi connectivity index (χ1n) is 6.38. The molecule has 0 saturated heterocycles. The zero-order valence-corrected chi connectivity index (χ0v) is 11.6. The molecule has 0 aromatic carbocycles. The standard InChI is InChI=1S/C13H12N5OP/c20-6-10-9-5-18(4-2-11(9)19-17-10)13-8-1-3-14-12(8)15-7-16-13/h1,3,6-7,20H,2,4-5H2,(H,14,15,16). The molecule has 0 atom stereocenters. The van der Waals surface area contributed by atoms with E-state index in [1.165, 1.54) is 0 Å². The highest BCUT2D eigenvalue weighted by Gasteiger charge is 2.25. The molecule has 1 N–H and O–H groups in total. The number of hydrogen-bond acceptors (Lipinski definition) is 5. The summed E-state index contributed by atoms with van der Waals surface area (Å²) in [6, 6.07) is 2.00. The number of rotatable bonds is 2. The predicted octanol–water partition coefficient (Wildman–Crippen LogP) is 1.80. The summed E-state index contributed by atoms with van der Waals surface area (Å²) in [5.74, 6) is 3.70. The van der Waals surface area contributed by atoms with Crippen molar-refractivity contribution in [3.8, 4) is 0 Å². The third kappa shape index (κ3) is 1.65. The Morgan fingerprint density at radius 2 is 2.35 bits per heavy atom. The fourth-order valence-electron chi connectivity index (χ4n) is 2.63. The van der Waals surface area contributed by atoms with Gasteiger partial charge >= 0.3 is 0 Å². The molecular weight excluding hydrogens is 273 g/mol. The minimum absolute atomic E-state index is 0.742. The number of aromatic amines is 1. The van der Waals surface area contributed by atoms with Crippen LogP contribution in [0.5, 0.6) is 0 Å². The van der Waals surface area contributed by atoms with Crippen LogP contribution in [0.1, 0.15) is 17.0 Å². The summed E-state index contributed by atoms with van der Waals surface area (Å²) in [5.41, 5.74) is 2.83. The van der Waals surface area contributed by atoms with E-state index in [0.717, 1.165) is 53.4 Å². The molecule has 3 aromatic rings. The van der Waals surface area contributed by atoms with E-state index < -0.39 is 0 Å². The van der Waals surface area contributed by atoms with E-state index in [9.17, 15) is 0 Å². The summed E-state index contributed by atoms with van der Waals surface area (Å²) in [6.45, 7) is 1.60. The van der Waals surface area contributed by atoms with E-state index in [1.54, 1.807) is 12.1 Å². The maximum Gasteiger partial charge on any atom is 0.144 e. The lowest BCUT2D eigenvalue weighted by Crippen LogP contribution is -2.31. The molecular formula is C13H12N5OP. The van der Waals surface area contributed by atoms with Gasteiger partial charge in [-0.05, 0) is 11.9 Å².